The molecule has 0 aliphatic heterocycles. The van der Waals surface area contributed by atoms with Crippen LogP contribution in [0, 0.1) is 0 Å². The molecule has 1 heterocycles. The smallest absolute Gasteiger partial charge is 0.220 e. The average Bonchev–Trinajstić information content (AvgIpc) is 2.75. The van der Waals surface area contributed by atoms with Crippen LogP contribution in [0.4, 0.5) is 0 Å². The Kier molecular flexibility index (Phi) is 4.76. The van der Waals surface area contributed by atoms with Crippen molar-refractivity contribution in [3.05, 3.63) is 12.2 Å². The van der Waals surface area contributed by atoms with Crippen LogP contribution in [0.15, 0.2) is 6.33 Å². The Morgan fingerprint density at radius 2 is 2.53 bits per heavy atom. The molecule has 0 aliphatic rings. The fourth-order valence-electron chi connectivity index (χ4n) is 1.04. The second-order valence-corrected chi connectivity index (χ2v) is 3.29. The fraction of sp³-hybridized carbons (Fsp3) is 0.667. The SMILES string of the molecule is COC(C)CCC(=O)NCc1ncn[nH]1. The Morgan fingerprint density at radius 3 is 3.13 bits per heavy atom. The number of ether oxygens (including phenoxy) is 1. The molecule has 1 atom stereocenters. The second-order valence-electron chi connectivity index (χ2n) is 3.29. The number of H-pyrrole nitrogens is 1. The number of aromatic nitrogens is 3. The molecule has 2 N–H and O–H groups in total. The van der Waals surface area contributed by atoms with Gasteiger partial charge in [-0.3, -0.25) is 9.89 Å². The lowest BCUT2D eigenvalue weighted by molar-refractivity contribution is -0.121. The van der Waals surface area contributed by atoms with Gasteiger partial charge in [-0.15, -0.1) is 0 Å². The number of hydrogen-bond donors (Lipinski definition) is 2. The monoisotopic (exact) mass is 212 g/mol. The van der Waals surface area contributed by atoms with Gasteiger partial charge in [-0.2, -0.15) is 5.10 Å². The summed E-state index contributed by atoms with van der Waals surface area (Å²) in [5.74, 6) is 0.651. The van der Waals surface area contributed by atoms with Crippen molar-refractivity contribution in [3.63, 3.8) is 0 Å². The number of hydrogen-bond acceptors (Lipinski definition) is 4. The number of carbonyl (C=O) groups excluding carboxylic acids is 1. The zero-order valence-corrected chi connectivity index (χ0v) is 8.99. The molecule has 0 radical (unpaired) electrons. The van der Waals surface area contributed by atoms with Crippen molar-refractivity contribution in [2.24, 2.45) is 0 Å². The summed E-state index contributed by atoms with van der Waals surface area (Å²) < 4.78 is 5.04. The quantitative estimate of drug-likeness (QED) is 0.707. The van der Waals surface area contributed by atoms with E-state index in [4.69, 9.17) is 4.74 Å². The lowest BCUT2D eigenvalue weighted by Crippen LogP contribution is -2.24. The van der Waals surface area contributed by atoms with Crippen LogP contribution in [0.5, 0.6) is 0 Å². The first-order chi connectivity index (χ1) is 7.22. The third-order valence-corrected chi connectivity index (χ3v) is 2.10. The number of aromatic amines is 1. The van der Waals surface area contributed by atoms with Crippen LogP contribution in [0.3, 0.4) is 0 Å². The minimum Gasteiger partial charge on any atom is -0.382 e. The molecular weight excluding hydrogens is 196 g/mol. The lowest BCUT2D eigenvalue weighted by Gasteiger charge is -2.08. The average molecular weight is 212 g/mol. The molecule has 1 aromatic rings. The summed E-state index contributed by atoms with van der Waals surface area (Å²) in [5, 5.41) is 9.08. The Labute approximate surface area is 88.4 Å². The summed E-state index contributed by atoms with van der Waals surface area (Å²) in [6, 6.07) is 0. The maximum absolute atomic E-state index is 11.3. The largest absolute Gasteiger partial charge is 0.382 e. The molecule has 15 heavy (non-hydrogen) atoms. The molecule has 0 bridgehead atoms. The first kappa shape index (κ1) is 11.6. The summed E-state index contributed by atoms with van der Waals surface area (Å²) in [7, 11) is 1.64. The van der Waals surface area contributed by atoms with Gasteiger partial charge >= 0.3 is 0 Å². The fourth-order valence-corrected chi connectivity index (χ4v) is 1.04. The Bertz CT molecular complexity index is 286. The summed E-state index contributed by atoms with van der Waals surface area (Å²) in [6.45, 7) is 2.32. The van der Waals surface area contributed by atoms with E-state index in [9.17, 15) is 4.79 Å². The maximum Gasteiger partial charge on any atom is 0.220 e. The van der Waals surface area contributed by atoms with Crippen LogP contribution < -0.4 is 5.32 Å². The first-order valence-electron chi connectivity index (χ1n) is 4.86. The van der Waals surface area contributed by atoms with E-state index in [2.05, 4.69) is 20.5 Å². The molecule has 0 saturated carbocycles. The van der Waals surface area contributed by atoms with Gasteiger partial charge in [0.1, 0.15) is 12.2 Å². The van der Waals surface area contributed by atoms with Crippen LogP contribution >= 0.6 is 0 Å². The van der Waals surface area contributed by atoms with Gasteiger partial charge < -0.3 is 10.1 Å². The summed E-state index contributed by atoms with van der Waals surface area (Å²) in [5.41, 5.74) is 0. The lowest BCUT2D eigenvalue weighted by atomic mass is 10.2. The topological polar surface area (TPSA) is 79.9 Å². The van der Waals surface area contributed by atoms with Gasteiger partial charge in [0.15, 0.2) is 0 Å². The van der Waals surface area contributed by atoms with Gasteiger partial charge in [-0.05, 0) is 13.3 Å². The van der Waals surface area contributed by atoms with Crippen molar-refractivity contribution in [2.45, 2.75) is 32.4 Å². The van der Waals surface area contributed by atoms with E-state index in [0.717, 1.165) is 6.42 Å². The minimum atomic E-state index is -0.00435. The minimum absolute atomic E-state index is 0.00435. The Morgan fingerprint density at radius 1 is 1.73 bits per heavy atom. The first-order valence-corrected chi connectivity index (χ1v) is 4.86. The molecular formula is C9H16N4O2. The second kappa shape index (κ2) is 6.13. The highest BCUT2D eigenvalue weighted by Crippen LogP contribution is 1.99. The van der Waals surface area contributed by atoms with E-state index in [0.29, 0.717) is 18.8 Å². The summed E-state index contributed by atoms with van der Waals surface area (Å²) in [6.07, 6.45) is 2.71. The van der Waals surface area contributed by atoms with Gasteiger partial charge in [0.2, 0.25) is 5.91 Å². The van der Waals surface area contributed by atoms with Crippen molar-refractivity contribution in [3.8, 4) is 0 Å². The van der Waals surface area contributed by atoms with Crippen molar-refractivity contribution < 1.29 is 9.53 Å². The number of nitrogens with zero attached hydrogens (tertiary/aromatic N) is 2. The molecule has 6 nitrogen and oxygen atoms in total. The van der Waals surface area contributed by atoms with Crippen LogP contribution in [-0.2, 0) is 16.1 Å². The predicted molar refractivity (Wildman–Crippen MR) is 53.9 cm³/mol. The highest BCUT2D eigenvalue weighted by molar-refractivity contribution is 5.75. The third-order valence-electron chi connectivity index (χ3n) is 2.10. The van der Waals surface area contributed by atoms with E-state index in [1.54, 1.807) is 7.11 Å². The molecule has 84 valence electrons. The standard InChI is InChI=1S/C9H16N4O2/c1-7(15-2)3-4-9(14)10-5-8-11-6-12-13-8/h6-7H,3-5H2,1-2H3,(H,10,14)(H,11,12,13). The third kappa shape index (κ3) is 4.55. The molecule has 1 amide bonds. The molecule has 1 aromatic heterocycles. The molecule has 6 heteroatoms. The number of amides is 1. The van der Waals surface area contributed by atoms with E-state index in [-0.39, 0.29) is 12.0 Å². The van der Waals surface area contributed by atoms with Gasteiger partial charge in [0, 0.05) is 13.5 Å². The van der Waals surface area contributed by atoms with Crippen LogP contribution in [0.25, 0.3) is 0 Å². The molecule has 0 aliphatic carbocycles. The molecule has 0 spiro atoms. The van der Waals surface area contributed by atoms with Gasteiger partial charge in [0.05, 0.1) is 12.6 Å². The zero-order valence-electron chi connectivity index (χ0n) is 8.99. The van der Waals surface area contributed by atoms with Crippen molar-refractivity contribution in [1.82, 2.24) is 20.5 Å². The van der Waals surface area contributed by atoms with E-state index in [1.807, 2.05) is 6.92 Å². The van der Waals surface area contributed by atoms with Crippen molar-refractivity contribution >= 4 is 5.91 Å². The zero-order chi connectivity index (χ0) is 11.1. The van der Waals surface area contributed by atoms with Crippen molar-refractivity contribution in [1.29, 1.82) is 0 Å². The normalized spacial score (nSPS) is 12.4. The van der Waals surface area contributed by atoms with Crippen molar-refractivity contribution in [2.75, 3.05) is 7.11 Å². The number of methoxy groups -OCH3 is 1. The number of nitrogens with one attached hydrogen (secondary N) is 2. The highest BCUT2D eigenvalue weighted by Gasteiger charge is 2.05. The Balaban J connectivity index is 2.14. The van der Waals surface area contributed by atoms with E-state index >= 15 is 0 Å². The van der Waals surface area contributed by atoms with E-state index in [1.165, 1.54) is 6.33 Å². The molecule has 0 fully saturated rings. The highest BCUT2D eigenvalue weighted by atomic mass is 16.5. The summed E-state index contributed by atoms with van der Waals surface area (Å²) in [4.78, 5) is 15.2. The van der Waals surface area contributed by atoms with Crippen LogP contribution in [-0.4, -0.2) is 34.3 Å². The van der Waals surface area contributed by atoms with Gasteiger partial charge in [-0.25, -0.2) is 4.98 Å². The number of rotatable bonds is 6. The molecule has 0 aromatic carbocycles. The van der Waals surface area contributed by atoms with E-state index < -0.39 is 0 Å². The molecule has 1 unspecified atom stereocenters. The molecule has 0 saturated heterocycles. The number of carbonyl (C=O) groups is 1. The summed E-state index contributed by atoms with van der Waals surface area (Å²) >= 11 is 0. The van der Waals surface area contributed by atoms with Gasteiger partial charge in [-0.1, -0.05) is 0 Å². The predicted octanol–water partition coefficient (Wildman–Crippen LogP) is 0.236. The van der Waals surface area contributed by atoms with Gasteiger partial charge in [0.25, 0.3) is 0 Å². The maximum atomic E-state index is 11.3. The van der Waals surface area contributed by atoms with Crippen LogP contribution in [0.2, 0.25) is 0 Å². The van der Waals surface area contributed by atoms with Crippen LogP contribution in [0.1, 0.15) is 25.6 Å². The Hall–Kier alpha value is -1.43. The molecule has 1 rings (SSSR count).